The number of rotatable bonds is 0. The first kappa shape index (κ1) is 77.4. The molecule has 3 aromatic heterocycles. The number of allylic oxidation sites excluding steroid dienone is 4. The van der Waals surface area contributed by atoms with Crippen molar-refractivity contribution in [2.75, 3.05) is 0 Å². The number of benzene rings is 16. The van der Waals surface area contributed by atoms with Gasteiger partial charge in [-0.15, -0.1) is 0 Å². The maximum absolute atomic E-state index is 6.47. The van der Waals surface area contributed by atoms with Gasteiger partial charge in [0.05, 0.1) is 0 Å². The van der Waals surface area contributed by atoms with Crippen molar-refractivity contribution in [3.05, 3.63) is 402 Å². The molecule has 610 valence electrons. The lowest BCUT2D eigenvalue weighted by Crippen LogP contribution is -2.27. The molecule has 16 heteroatoms. The van der Waals surface area contributed by atoms with Crippen molar-refractivity contribution in [1.29, 1.82) is 0 Å². The van der Waals surface area contributed by atoms with Crippen molar-refractivity contribution in [2.24, 2.45) is 0 Å². The van der Waals surface area contributed by atoms with Crippen molar-refractivity contribution >= 4 is 312 Å². The second-order valence-electron chi connectivity index (χ2n) is 37.8. The average Bonchev–Trinajstić information content (AvgIpc) is 1.52. The maximum Gasteiger partial charge on any atom is 0.161 e. The summed E-state index contributed by atoms with van der Waals surface area (Å²) in [5, 5.41) is 19.7. The van der Waals surface area contributed by atoms with Crippen LogP contribution in [0.25, 0.3) is 131 Å². The van der Waals surface area contributed by atoms with E-state index in [9.17, 15) is 0 Å². The average molecular weight is 2540 g/mol. The number of aromatic amines is 2. The fourth-order valence-corrected chi connectivity index (χ4v) is 28.9. The van der Waals surface area contributed by atoms with Crippen LogP contribution in [-0.2, 0) is 0 Å². The molecule has 16 aromatic carbocycles. The van der Waals surface area contributed by atoms with Gasteiger partial charge in [-0.05, 0) is 601 Å². The van der Waals surface area contributed by atoms with Crippen LogP contribution in [0.5, 0.6) is 0 Å². The highest BCUT2D eigenvalue weighted by atomic mass is 127. The molecular formula is C112H66I8N8. The van der Waals surface area contributed by atoms with E-state index in [1.807, 2.05) is 0 Å². The van der Waals surface area contributed by atoms with Gasteiger partial charge in [-0.3, -0.25) is 0 Å². The summed E-state index contributed by atoms with van der Waals surface area (Å²) in [6.45, 7) is 18.1. The Bertz CT molecular complexity index is 7700. The van der Waals surface area contributed by atoms with E-state index in [0.29, 0.717) is 23.3 Å². The SMILES string of the molecule is Cc1cc2cc3c(cc2cc1C)C1C2=C(c4nc2nc2[nH]c(nc5nc(nc6[nH]c(n4)c4c6C6c7cc8cc(C)c(C)cc8cc7C4c4cc7cc(I)c(I)cc7cc46)C4=C5C5c6cc7cc(C)c(C)cc7cc6C4c4cc6cc(I)c(I)cc6cc45)c4c2C2c5cc6cc(C)c(C)cc6cc5C4c4cc5cc(I)c(I)cc5cc42)C3c2cc3cc(I)c(I)cc3cc21. The number of hydrogen-bond donors (Lipinski definition) is 2. The fraction of sp³-hybridized carbons (Fsp3) is 0.143. The lowest BCUT2D eigenvalue weighted by atomic mass is 9.60. The fourth-order valence-electron chi connectivity index (χ4n) is 24.9. The molecule has 8 nitrogen and oxygen atoms in total. The smallest absolute Gasteiger partial charge is 0.161 e. The number of nitrogens with zero attached hydrogens (tertiary/aromatic N) is 6. The molecule has 2 N–H and O–H groups in total. The Balaban J connectivity index is 0.803. The number of H-pyrrole nitrogens is 2. The maximum atomic E-state index is 6.47. The highest BCUT2D eigenvalue weighted by molar-refractivity contribution is 14.1. The number of aryl methyl sites for hydroxylation is 8. The molecule has 2 aliphatic heterocycles. The molecule has 12 aliphatic carbocycles. The molecule has 16 bridgehead atoms. The molecule has 0 fully saturated rings. The molecule has 8 atom stereocenters. The highest BCUT2D eigenvalue weighted by Crippen LogP contribution is 2.68. The van der Waals surface area contributed by atoms with E-state index < -0.39 is 0 Å². The van der Waals surface area contributed by atoms with Gasteiger partial charge in [0.15, 0.2) is 23.3 Å². The Labute approximate surface area is 844 Å². The second-order valence-corrected chi connectivity index (χ2v) is 47.1. The van der Waals surface area contributed by atoms with Gasteiger partial charge >= 0.3 is 0 Å². The zero-order valence-electron chi connectivity index (χ0n) is 69.8. The predicted octanol–water partition coefficient (Wildman–Crippen LogP) is 30.8. The molecule has 19 aromatic rings. The third-order valence-corrected chi connectivity index (χ3v) is 42.4. The molecule has 0 radical (unpaired) electrons. The van der Waals surface area contributed by atoms with Crippen molar-refractivity contribution < 1.29 is 0 Å². The first-order chi connectivity index (χ1) is 61.9. The Kier molecular flexibility index (Phi) is 16.2. The van der Waals surface area contributed by atoms with Gasteiger partial charge in [0.1, 0.15) is 22.6 Å². The van der Waals surface area contributed by atoms with Crippen LogP contribution in [0.1, 0.15) is 226 Å². The van der Waals surface area contributed by atoms with Crippen LogP contribution < -0.4 is 0 Å². The Morgan fingerprint density at radius 2 is 0.289 bits per heavy atom. The topological polar surface area (TPSA) is 109 Å². The molecule has 0 spiro atoms. The second kappa shape index (κ2) is 26.8. The summed E-state index contributed by atoms with van der Waals surface area (Å²) in [4.78, 5) is 47.1. The minimum Gasteiger partial charge on any atom is -0.324 e. The first-order valence-corrected chi connectivity index (χ1v) is 52.2. The minimum atomic E-state index is -0.279. The normalized spacial score (nSPS) is 19.2. The summed E-state index contributed by atoms with van der Waals surface area (Å²) in [5.41, 5.74) is 42.9. The van der Waals surface area contributed by atoms with Crippen LogP contribution in [0.2, 0.25) is 0 Å². The van der Waals surface area contributed by atoms with Gasteiger partial charge < -0.3 is 9.97 Å². The van der Waals surface area contributed by atoms with E-state index >= 15 is 0 Å². The summed E-state index contributed by atoms with van der Waals surface area (Å²) < 4.78 is 9.89. The van der Waals surface area contributed by atoms with Crippen LogP contribution in [0, 0.1) is 84.0 Å². The van der Waals surface area contributed by atoms with Crippen LogP contribution >= 0.6 is 181 Å². The molecule has 33 rings (SSSR count). The van der Waals surface area contributed by atoms with E-state index in [4.69, 9.17) is 29.9 Å². The number of fused-ring (bicyclic) bond motifs is 16. The lowest BCUT2D eigenvalue weighted by Gasteiger charge is -2.42. The van der Waals surface area contributed by atoms with Crippen LogP contribution in [0.3, 0.4) is 0 Å². The standard InChI is InChI=1S/C112H66I8N8/c1-41-9-49-17-65-66(18-50(49)10-42(41)2)90-74-26-58-34-82(114)81(113)33-57(58)25-73(74)89(65)97-98(90)106-121-105(97)125-107-99-91-67-19-51-11-43(3)44(4)12-52(51)20-68(67)92(76-28-60-36-84(116)83(115)35-59(60)27-75(76)91)100(99)109(122-107)127-111-103-95-71-23-55-15-47(7)48(8)16-56(55)24-72(71)96(80-32-64-40-88(120)87(119)39-63(64)31-79(80)95)104(103)112(124-111)128-110-102-94-70-22-54-14-46(6)45(5)13-53(54)21-69(70)93(101(102)108(123-110)126-106)77-29-61-37-85(117)86(118)38-62(61)30-78(77)94/h9-40,89-96H,1-8H3,(H2,121,122,123,124,125,126,127,128). The monoisotopic (exact) mass is 2540 g/mol. The zero-order valence-corrected chi connectivity index (χ0v) is 87.1. The molecule has 0 amide bonds. The Hall–Kier alpha value is -8.24. The number of aromatic nitrogens is 8. The molecule has 8 unspecified atom stereocenters. The quantitative estimate of drug-likeness (QED) is 0.146. The molecule has 128 heavy (non-hydrogen) atoms. The third-order valence-electron chi connectivity index (χ3n) is 31.1. The van der Waals surface area contributed by atoms with Crippen LogP contribution in [-0.4, -0.2) is 39.9 Å². The Morgan fingerprint density at radius 1 is 0.164 bits per heavy atom. The Morgan fingerprint density at radius 3 is 0.430 bits per heavy atom. The van der Waals surface area contributed by atoms with E-state index in [0.717, 1.165) is 67.1 Å². The molecule has 0 saturated carbocycles. The lowest BCUT2D eigenvalue weighted by molar-refractivity contribution is 0.770. The van der Waals surface area contributed by atoms with Gasteiger partial charge in [0.2, 0.25) is 0 Å². The summed E-state index contributed by atoms with van der Waals surface area (Å²) in [5.74, 6) is 0.482. The first-order valence-electron chi connectivity index (χ1n) is 43.6. The van der Waals surface area contributed by atoms with E-state index in [2.05, 4.69) is 440 Å². The molecular weight excluding hydrogens is 2470 g/mol. The summed E-state index contributed by atoms with van der Waals surface area (Å²) in [7, 11) is 0. The summed E-state index contributed by atoms with van der Waals surface area (Å²) in [6.07, 6.45) is 0. The van der Waals surface area contributed by atoms with Crippen LogP contribution in [0.15, 0.2) is 194 Å². The van der Waals surface area contributed by atoms with E-state index in [1.54, 1.807) is 0 Å². The van der Waals surface area contributed by atoms with Gasteiger partial charge in [-0.1, -0.05) is 48.5 Å². The summed E-state index contributed by atoms with van der Waals surface area (Å²) in [6, 6.07) is 78.9. The van der Waals surface area contributed by atoms with Gasteiger partial charge in [-0.25, -0.2) is 29.9 Å². The molecule has 14 aliphatic rings. The number of hydrogen-bond acceptors (Lipinski definition) is 6. The highest BCUT2D eigenvalue weighted by Gasteiger charge is 2.54. The van der Waals surface area contributed by atoms with Crippen molar-refractivity contribution in [3.63, 3.8) is 0 Å². The van der Waals surface area contributed by atoms with Crippen molar-refractivity contribution in [3.8, 4) is 0 Å². The van der Waals surface area contributed by atoms with Crippen LogP contribution in [0.4, 0.5) is 0 Å². The zero-order chi connectivity index (χ0) is 85.9. The largest absolute Gasteiger partial charge is 0.324 e. The number of halogens is 8. The van der Waals surface area contributed by atoms with Gasteiger partial charge in [-0.2, -0.15) is 0 Å². The summed E-state index contributed by atoms with van der Waals surface area (Å²) >= 11 is 20.3. The van der Waals surface area contributed by atoms with E-state index in [1.165, 1.54) is 248 Å². The third kappa shape index (κ3) is 10.5. The molecule has 0 saturated heterocycles. The minimum absolute atomic E-state index is 0.267. The van der Waals surface area contributed by atoms with Gasteiger partial charge in [0, 0.05) is 120 Å². The molecule has 5 heterocycles. The van der Waals surface area contributed by atoms with Crippen molar-refractivity contribution in [1.82, 2.24) is 39.9 Å². The van der Waals surface area contributed by atoms with E-state index in [-0.39, 0.29) is 47.3 Å². The van der Waals surface area contributed by atoms with Gasteiger partial charge in [0.25, 0.3) is 0 Å². The predicted molar refractivity (Wildman–Crippen MR) is 588 cm³/mol. The van der Waals surface area contributed by atoms with Crippen molar-refractivity contribution in [2.45, 2.75) is 103 Å². The number of nitrogens with one attached hydrogen (secondary N) is 2.